The van der Waals surface area contributed by atoms with Crippen molar-refractivity contribution in [3.05, 3.63) is 29.3 Å². The monoisotopic (exact) mass is 214 g/mol. The zero-order valence-corrected chi connectivity index (χ0v) is 10.6. The predicted octanol–water partition coefficient (Wildman–Crippen LogP) is -1.42. The molecule has 0 bridgehead atoms. The van der Waals surface area contributed by atoms with Gasteiger partial charge >= 0.3 is 51.4 Å². The van der Waals surface area contributed by atoms with Gasteiger partial charge in [0, 0.05) is 9.92 Å². The van der Waals surface area contributed by atoms with Gasteiger partial charge in [0.2, 0.25) is 0 Å². The van der Waals surface area contributed by atoms with Crippen LogP contribution in [0.25, 0.3) is 0 Å². The molecule has 54 valence electrons. The summed E-state index contributed by atoms with van der Waals surface area (Å²) in [4.78, 5) is 0.254. The van der Waals surface area contributed by atoms with Gasteiger partial charge in [0.1, 0.15) is 0 Å². The summed E-state index contributed by atoms with van der Waals surface area (Å²) in [6, 6.07) is 5.97. The van der Waals surface area contributed by atoms with Crippen molar-refractivity contribution in [1.29, 1.82) is 0 Å². The molecule has 2 nitrogen and oxygen atoms in total. The van der Waals surface area contributed by atoms with Crippen molar-refractivity contribution in [1.82, 2.24) is 0 Å². The average Bonchev–Trinajstić information content (AvgIpc) is 1.88. The van der Waals surface area contributed by atoms with Gasteiger partial charge in [-0.2, -0.15) is 0 Å². The largest absolute Gasteiger partial charge is 1.00 e. The zero-order valence-electron chi connectivity index (χ0n) is 5.91. The summed E-state index contributed by atoms with van der Waals surface area (Å²) in [5.74, 6) is 0. The molecule has 1 rings (SSSR count). The van der Waals surface area contributed by atoms with Crippen molar-refractivity contribution >= 4 is 22.7 Å². The Kier molecular flexibility index (Phi) is 6.49. The molecule has 0 heterocycles. The Labute approximate surface area is 115 Å². The molecule has 5 heteroatoms. The molecule has 0 aliphatic rings. The van der Waals surface area contributed by atoms with Crippen molar-refractivity contribution in [2.45, 2.75) is 4.90 Å². The van der Waals surface area contributed by atoms with Crippen molar-refractivity contribution in [3.63, 3.8) is 0 Å². The molecule has 0 aliphatic heterocycles. The number of hydrogen-bond acceptors (Lipinski definition) is 2. The third-order valence-corrected chi connectivity index (χ3v) is 1.92. The number of benzene rings is 1. The van der Waals surface area contributed by atoms with Crippen LogP contribution in [-0.2, 0) is 11.1 Å². The Hall–Kier alpha value is 1.26. The molecule has 0 radical (unpaired) electrons. The quantitative estimate of drug-likeness (QED) is 0.426. The molecule has 1 atom stereocenters. The van der Waals surface area contributed by atoms with E-state index in [1.807, 2.05) is 0 Å². The standard InChI is InChI=1S/C6H5ClO2S.K/c7-5-1-3-6(4-2-5)10(8)9;/h1-4H,(H,8,9);/q;+1/p-1. The molecular weight excluding hydrogens is 211 g/mol. The van der Waals surface area contributed by atoms with Crippen LogP contribution in [0.1, 0.15) is 0 Å². The Bertz CT molecular complexity index is 249. The van der Waals surface area contributed by atoms with Crippen LogP contribution in [-0.4, -0.2) is 8.76 Å². The third-order valence-electron chi connectivity index (χ3n) is 1.01. The molecular formula is C6H4ClKO2S. The van der Waals surface area contributed by atoms with E-state index in [2.05, 4.69) is 0 Å². The van der Waals surface area contributed by atoms with Crippen LogP contribution in [0.2, 0.25) is 5.02 Å². The Balaban J connectivity index is 0.000001000. The first-order valence-corrected chi connectivity index (χ1v) is 4.00. The van der Waals surface area contributed by atoms with E-state index in [0.717, 1.165) is 0 Å². The normalized spacial score (nSPS) is 11.8. The van der Waals surface area contributed by atoms with E-state index in [4.69, 9.17) is 11.6 Å². The average molecular weight is 215 g/mol. The van der Waals surface area contributed by atoms with Gasteiger partial charge in [-0.25, -0.2) is 0 Å². The van der Waals surface area contributed by atoms with Crippen LogP contribution >= 0.6 is 11.6 Å². The Morgan fingerprint density at radius 2 is 1.73 bits per heavy atom. The minimum absolute atomic E-state index is 0. The van der Waals surface area contributed by atoms with Gasteiger partial charge in [0.05, 0.1) is 0 Å². The first-order chi connectivity index (χ1) is 4.70. The van der Waals surface area contributed by atoms with Gasteiger partial charge in [-0.3, -0.25) is 4.21 Å². The van der Waals surface area contributed by atoms with E-state index in [9.17, 15) is 8.76 Å². The minimum atomic E-state index is -2.15. The predicted molar refractivity (Wildman–Crippen MR) is 38.6 cm³/mol. The van der Waals surface area contributed by atoms with E-state index >= 15 is 0 Å². The molecule has 0 N–H and O–H groups in total. The maximum atomic E-state index is 10.3. The van der Waals surface area contributed by atoms with Gasteiger partial charge in [0.25, 0.3) is 0 Å². The van der Waals surface area contributed by atoms with Gasteiger partial charge < -0.3 is 4.55 Å². The second-order valence-corrected chi connectivity index (χ2v) is 3.07. The van der Waals surface area contributed by atoms with Gasteiger partial charge in [-0.05, 0) is 35.3 Å². The minimum Gasteiger partial charge on any atom is -0.768 e. The second kappa shape index (κ2) is 5.83. The first kappa shape index (κ1) is 12.3. The fourth-order valence-electron chi connectivity index (χ4n) is 0.546. The fraction of sp³-hybridized carbons (Fsp3) is 0. The van der Waals surface area contributed by atoms with E-state index in [1.165, 1.54) is 24.3 Å². The maximum Gasteiger partial charge on any atom is 1.00 e. The molecule has 0 saturated heterocycles. The van der Waals surface area contributed by atoms with Gasteiger partial charge in [0.15, 0.2) is 0 Å². The van der Waals surface area contributed by atoms with Crippen molar-refractivity contribution < 1.29 is 60.1 Å². The summed E-state index contributed by atoms with van der Waals surface area (Å²) in [5.41, 5.74) is 0. The summed E-state index contributed by atoms with van der Waals surface area (Å²) in [6.07, 6.45) is 0. The molecule has 1 aromatic carbocycles. The van der Waals surface area contributed by atoms with E-state index in [0.29, 0.717) is 5.02 Å². The summed E-state index contributed by atoms with van der Waals surface area (Å²) >= 11 is 3.37. The molecule has 0 fully saturated rings. The van der Waals surface area contributed by atoms with Crippen molar-refractivity contribution in [3.8, 4) is 0 Å². The summed E-state index contributed by atoms with van der Waals surface area (Å²) < 4.78 is 20.5. The van der Waals surface area contributed by atoms with Gasteiger partial charge in [-0.15, -0.1) is 0 Å². The molecule has 1 aromatic rings. The zero-order chi connectivity index (χ0) is 7.56. The van der Waals surface area contributed by atoms with Gasteiger partial charge in [-0.1, -0.05) is 11.6 Å². The van der Waals surface area contributed by atoms with Crippen molar-refractivity contribution in [2.75, 3.05) is 0 Å². The summed E-state index contributed by atoms with van der Waals surface area (Å²) in [7, 11) is 0. The molecule has 0 saturated carbocycles. The van der Waals surface area contributed by atoms with Crippen LogP contribution in [0.3, 0.4) is 0 Å². The summed E-state index contributed by atoms with van der Waals surface area (Å²) in [6.45, 7) is 0. The van der Waals surface area contributed by atoms with Crippen LogP contribution < -0.4 is 51.4 Å². The smallest absolute Gasteiger partial charge is 0.768 e. The Morgan fingerprint density at radius 1 is 1.27 bits per heavy atom. The van der Waals surface area contributed by atoms with E-state index in [-0.39, 0.29) is 56.3 Å². The first-order valence-electron chi connectivity index (χ1n) is 2.55. The molecule has 0 aromatic heterocycles. The van der Waals surface area contributed by atoms with Crippen LogP contribution in [0, 0.1) is 0 Å². The van der Waals surface area contributed by atoms with Crippen molar-refractivity contribution in [2.24, 2.45) is 0 Å². The molecule has 0 amide bonds. The van der Waals surface area contributed by atoms with E-state index in [1.54, 1.807) is 0 Å². The maximum absolute atomic E-state index is 10.3. The molecule has 11 heavy (non-hydrogen) atoms. The third kappa shape index (κ3) is 4.14. The second-order valence-electron chi connectivity index (χ2n) is 1.69. The number of hydrogen-bond donors (Lipinski definition) is 0. The van der Waals surface area contributed by atoms with E-state index < -0.39 is 11.1 Å². The Morgan fingerprint density at radius 3 is 2.09 bits per heavy atom. The molecule has 0 spiro atoms. The van der Waals surface area contributed by atoms with Crippen LogP contribution in [0.15, 0.2) is 29.2 Å². The molecule has 0 aliphatic carbocycles. The van der Waals surface area contributed by atoms with Crippen LogP contribution in [0.4, 0.5) is 0 Å². The fourth-order valence-corrected chi connectivity index (χ4v) is 1.03. The SMILES string of the molecule is O=S([O-])c1ccc(Cl)cc1.[K+]. The molecule has 1 unspecified atom stereocenters. The summed E-state index contributed by atoms with van der Waals surface area (Å²) in [5, 5.41) is 0.536. The topological polar surface area (TPSA) is 40.1 Å². The number of rotatable bonds is 1. The number of halogens is 1. The van der Waals surface area contributed by atoms with Crippen LogP contribution in [0.5, 0.6) is 0 Å².